The topological polar surface area (TPSA) is 237 Å². The summed E-state index contributed by atoms with van der Waals surface area (Å²) in [5, 5.41) is 10.6. The van der Waals surface area contributed by atoms with Crippen LogP contribution >= 0.6 is 15.6 Å². The first-order valence-corrected chi connectivity index (χ1v) is 39.7. The molecule has 0 rings (SSSR count). The van der Waals surface area contributed by atoms with E-state index < -0.39 is 97.5 Å². The van der Waals surface area contributed by atoms with Crippen molar-refractivity contribution in [3.63, 3.8) is 0 Å². The van der Waals surface area contributed by atoms with E-state index >= 15 is 0 Å². The molecule has 17 nitrogen and oxygen atoms in total. The van der Waals surface area contributed by atoms with Crippen LogP contribution in [0.2, 0.25) is 0 Å². The van der Waals surface area contributed by atoms with Gasteiger partial charge in [0.1, 0.15) is 19.3 Å². The highest BCUT2D eigenvalue weighted by atomic mass is 31.2. The third-order valence-electron chi connectivity index (χ3n) is 16.7. The number of unbranched alkanes of at least 4 members (excludes halogenated alkanes) is 33. The molecule has 3 N–H and O–H groups in total. The maximum Gasteiger partial charge on any atom is 0.472 e. The summed E-state index contributed by atoms with van der Waals surface area (Å²) < 4.78 is 68.3. The monoisotopic (exact) mass is 1320 g/mol. The van der Waals surface area contributed by atoms with E-state index in [9.17, 15) is 43.2 Å². The summed E-state index contributed by atoms with van der Waals surface area (Å²) in [5.74, 6) is 0.880. The van der Waals surface area contributed by atoms with Crippen LogP contribution in [0.1, 0.15) is 351 Å². The van der Waals surface area contributed by atoms with E-state index in [4.69, 9.17) is 37.0 Å². The first-order chi connectivity index (χ1) is 43.1. The lowest BCUT2D eigenvalue weighted by molar-refractivity contribution is -0.161. The number of aliphatic hydroxyl groups excluding tert-OH is 1. The zero-order valence-electron chi connectivity index (χ0n) is 58.8. The van der Waals surface area contributed by atoms with Crippen molar-refractivity contribution >= 4 is 39.5 Å². The van der Waals surface area contributed by atoms with Gasteiger partial charge in [0, 0.05) is 25.7 Å². The largest absolute Gasteiger partial charge is 0.472 e. The maximum atomic E-state index is 13.0. The summed E-state index contributed by atoms with van der Waals surface area (Å²) in [4.78, 5) is 72.6. The van der Waals surface area contributed by atoms with E-state index in [2.05, 4.69) is 55.4 Å². The zero-order valence-corrected chi connectivity index (χ0v) is 60.6. The molecule has 0 spiro atoms. The lowest BCUT2D eigenvalue weighted by atomic mass is 9.99. The Morgan fingerprint density at radius 2 is 0.533 bits per heavy atom. The fourth-order valence-corrected chi connectivity index (χ4v) is 12.2. The Morgan fingerprint density at radius 3 is 0.789 bits per heavy atom. The normalized spacial score (nSPS) is 14.6. The molecular weight excluding hydrogens is 1190 g/mol. The van der Waals surface area contributed by atoms with Crippen LogP contribution in [0.4, 0.5) is 0 Å². The molecule has 0 aliphatic rings. The van der Waals surface area contributed by atoms with Crippen LogP contribution in [0.15, 0.2) is 0 Å². The number of hydrogen-bond acceptors (Lipinski definition) is 15. The first-order valence-electron chi connectivity index (χ1n) is 36.7. The Balaban J connectivity index is 5.25. The minimum Gasteiger partial charge on any atom is -0.462 e. The maximum absolute atomic E-state index is 13.0. The van der Waals surface area contributed by atoms with Gasteiger partial charge in [-0.05, 0) is 49.4 Å². The van der Waals surface area contributed by atoms with E-state index in [0.717, 1.165) is 114 Å². The molecule has 0 saturated heterocycles. The second kappa shape index (κ2) is 60.7. The molecule has 534 valence electrons. The zero-order chi connectivity index (χ0) is 66.8. The van der Waals surface area contributed by atoms with E-state index in [1.165, 1.54) is 148 Å². The Hall–Kier alpha value is -1.94. The second-order valence-electron chi connectivity index (χ2n) is 27.3. The minimum atomic E-state index is -4.95. The van der Waals surface area contributed by atoms with Crippen LogP contribution in [0, 0.1) is 23.7 Å². The van der Waals surface area contributed by atoms with Crippen LogP contribution in [0.5, 0.6) is 0 Å². The molecule has 0 radical (unpaired) electrons. The summed E-state index contributed by atoms with van der Waals surface area (Å²) in [6.07, 6.45) is 43.1. The van der Waals surface area contributed by atoms with E-state index in [1.54, 1.807) is 0 Å². The van der Waals surface area contributed by atoms with Crippen LogP contribution in [0.3, 0.4) is 0 Å². The molecule has 19 heteroatoms. The summed E-state index contributed by atoms with van der Waals surface area (Å²) in [7, 11) is -9.90. The molecule has 0 bridgehead atoms. The lowest BCUT2D eigenvalue weighted by Crippen LogP contribution is -2.30. The number of phosphoric ester groups is 2. The van der Waals surface area contributed by atoms with Gasteiger partial charge in [-0.3, -0.25) is 37.3 Å². The van der Waals surface area contributed by atoms with E-state index in [-0.39, 0.29) is 25.7 Å². The van der Waals surface area contributed by atoms with Crippen molar-refractivity contribution in [3.05, 3.63) is 0 Å². The Bertz CT molecular complexity index is 1780. The van der Waals surface area contributed by atoms with Gasteiger partial charge in [-0.25, -0.2) is 9.13 Å². The van der Waals surface area contributed by atoms with Crippen molar-refractivity contribution in [3.8, 4) is 0 Å². The van der Waals surface area contributed by atoms with Gasteiger partial charge >= 0.3 is 39.5 Å². The number of carbonyl (C=O) groups excluding carboxylic acids is 4. The van der Waals surface area contributed by atoms with Crippen LogP contribution in [0.25, 0.3) is 0 Å². The molecule has 4 unspecified atom stereocenters. The van der Waals surface area contributed by atoms with Gasteiger partial charge in [0.05, 0.1) is 26.4 Å². The summed E-state index contributed by atoms with van der Waals surface area (Å²) >= 11 is 0. The van der Waals surface area contributed by atoms with Gasteiger partial charge in [-0.15, -0.1) is 0 Å². The molecule has 90 heavy (non-hydrogen) atoms. The highest BCUT2D eigenvalue weighted by Gasteiger charge is 2.30. The molecule has 0 saturated carbocycles. The smallest absolute Gasteiger partial charge is 0.462 e. The van der Waals surface area contributed by atoms with Gasteiger partial charge in [-0.1, -0.05) is 299 Å². The quantitative estimate of drug-likeness (QED) is 0.0222. The molecule has 0 aliphatic carbocycles. The highest BCUT2D eigenvalue weighted by molar-refractivity contribution is 7.47. The predicted molar refractivity (Wildman–Crippen MR) is 363 cm³/mol. The van der Waals surface area contributed by atoms with Gasteiger partial charge in [0.25, 0.3) is 0 Å². The van der Waals surface area contributed by atoms with E-state index in [1.807, 2.05) is 0 Å². The first kappa shape index (κ1) is 88.1. The molecule has 0 aliphatic heterocycles. The molecule has 0 heterocycles. The molecule has 0 aromatic heterocycles. The summed E-state index contributed by atoms with van der Waals surface area (Å²) in [5.41, 5.74) is 0. The van der Waals surface area contributed by atoms with Gasteiger partial charge in [0.15, 0.2) is 12.2 Å². The molecule has 0 fully saturated rings. The molecule has 6 atom stereocenters. The third kappa shape index (κ3) is 63.5. The van der Waals surface area contributed by atoms with Gasteiger partial charge in [0.2, 0.25) is 0 Å². The Labute approximate surface area is 549 Å². The minimum absolute atomic E-state index is 0.104. The number of hydrogen-bond donors (Lipinski definition) is 3. The average molecular weight is 1330 g/mol. The lowest BCUT2D eigenvalue weighted by Gasteiger charge is -2.21. The third-order valence-corrected chi connectivity index (χ3v) is 18.6. The number of carbonyl (C=O) groups is 4. The molecule has 0 amide bonds. The SMILES string of the molecule is CCC(C)CCCCCCCCCCCCC(=O)OC[C@H](COP(=O)(O)OCC(O)COP(=O)(O)OC[C@@H](COC(=O)CCCCCCCCCC(C)C)OC(=O)CCCCCCCCCCCCCCC(C)C)OC(=O)CCCCCCCCCCC(C)C. The Morgan fingerprint density at radius 1 is 0.311 bits per heavy atom. The molecule has 0 aromatic carbocycles. The number of phosphoric acid groups is 2. The van der Waals surface area contributed by atoms with Gasteiger partial charge in [-0.2, -0.15) is 0 Å². The van der Waals surface area contributed by atoms with Crippen molar-refractivity contribution in [2.45, 2.75) is 369 Å². The predicted octanol–water partition coefficient (Wildman–Crippen LogP) is 20.1. The van der Waals surface area contributed by atoms with Crippen molar-refractivity contribution in [2.24, 2.45) is 23.7 Å². The van der Waals surface area contributed by atoms with Gasteiger partial charge < -0.3 is 33.8 Å². The number of rotatable bonds is 68. The van der Waals surface area contributed by atoms with Crippen LogP contribution in [-0.2, 0) is 65.4 Å². The van der Waals surface area contributed by atoms with Crippen LogP contribution < -0.4 is 0 Å². The molecule has 0 aromatic rings. The molecular formula is C71H138O17P2. The number of aliphatic hydroxyl groups is 1. The van der Waals surface area contributed by atoms with Crippen molar-refractivity contribution in [1.82, 2.24) is 0 Å². The van der Waals surface area contributed by atoms with Crippen molar-refractivity contribution in [2.75, 3.05) is 39.6 Å². The second-order valence-corrected chi connectivity index (χ2v) is 30.2. The highest BCUT2D eigenvalue weighted by Crippen LogP contribution is 2.45. The fraction of sp³-hybridized carbons (Fsp3) is 0.944. The van der Waals surface area contributed by atoms with Crippen molar-refractivity contribution < 1.29 is 80.2 Å². The fourth-order valence-electron chi connectivity index (χ4n) is 10.6. The summed E-state index contributed by atoms with van der Waals surface area (Å²) in [6, 6.07) is 0. The summed E-state index contributed by atoms with van der Waals surface area (Å²) in [6.45, 7) is 14.1. The number of ether oxygens (including phenoxy) is 4. The van der Waals surface area contributed by atoms with Crippen LogP contribution in [-0.4, -0.2) is 96.7 Å². The Kier molecular flexibility index (Phi) is 59.4. The average Bonchev–Trinajstić information content (AvgIpc) is 2.75. The number of esters is 4. The van der Waals surface area contributed by atoms with E-state index in [0.29, 0.717) is 31.6 Å². The van der Waals surface area contributed by atoms with Crippen molar-refractivity contribution in [1.29, 1.82) is 0 Å². The standard InChI is InChI=1S/C71H138O17P2/c1-9-64(8)50-42-34-26-17-14-15-18-27-35-43-51-68(73)81-57-66(88-71(76)54-46-38-29-21-20-24-32-40-48-62(4)5)59-85-89(77,78)83-55-65(72)56-84-90(79,80)86-60-67(58-82-69(74)52-44-36-30-22-25-33-41-49-63(6)7)87-70(75)53-45-37-28-19-13-11-10-12-16-23-31-39-47-61(2)3/h61-67,72H,9-60H2,1-8H3,(H,77,78)(H,79,80)/t64?,65?,66-,67-/m1/s1.